The topological polar surface area (TPSA) is 78.9 Å². The Morgan fingerprint density at radius 1 is 1.50 bits per heavy atom. The maximum atomic E-state index is 10.8. The summed E-state index contributed by atoms with van der Waals surface area (Å²) < 4.78 is 4.17. The zero-order chi connectivity index (χ0) is 9.72. The lowest BCUT2D eigenvalue weighted by molar-refractivity contribution is -0.151. The Bertz CT molecular complexity index is 180. The van der Waals surface area contributed by atoms with Crippen LogP contribution in [-0.2, 0) is 9.53 Å². The Morgan fingerprint density at radius 2 is 2.00 bits per heavy atom. The van der Waals surface area contributed by atoms with Gasteiger partial charge < -0.3 is 20.1 Å². The van der Waals surface area contributed by atoms with Crippen molar-refractivity contribution < 1.29 is 19.4 Å². The molecule has 1 unspecified atom stereocenters. The Balaban J connectivity index is 3.92. The van der Waals surface area contributed by atoms with Gasteiger partial charge in [-0.15, -0.1) is 0 Å². The number of carbonyl (C=O) groups is 2. The van der Waals surface area contributed by atoms with Gasteiger partial charge in [-0.3, -0.25) is 0 Å². The molecule has 12 heavy (non-hydrogen) atoms. The SMILES string of the molecule is COC(=O)C(O)NC(=O)N(C)C. The summed E-state index contributed by atoms with van der Waals surface area (Å²) in [4.78, 5) is 22.6. The maximum absolute atomic E-state index is 10.8. The second kappa shape index (κ2) is 4.55. The number of hydrogen-bond donors (Lipinski definition) is 2. The number of rotatable bonds is 2. The van der Waals surface area contributed by atoms with E-state index in [-0.39, 0.29) is 0 Å². The number of urea groups is 1. The first kappa shape index (κ1) is 10.7. The third-order valence-corrected chi connectivity index (χ3v) is 1.09. The van der Waals surface area contributed by atoms with Crippen LogP contribution in [0.2, 0.25) is 0 Å². The van der Waals surface area contributed by atoms with E-state index in [1.165, 1.54) is 19.0 Å². The van der Waals surface area contributed by atoms with Crippen LogP contribution in [0.15, 0.2) is 0 Å². The van der Waals surface area contributed by atoms with Crippen LogP contribution in [0.3, 0.4) is 0 Å². The van der Waals surface area contributed by atoms with Crippen LogP contribution in [0, 0.1) is 0 Å². The van der Waals surface area contributed by atoms with Crippen molar-refractivity contribution in [2.45, 2.75) is 6.23 Å². The van der Waals surface area contributed by atoms with Gasteiger partial charge in [-0.05, 0) is 0 Å². The number of aliphatic hydroxyl groups excluding tert-OH is 1. The average molecular weight is 176 g/mol. The van der Waals surface area contributed by atoms with Crippen LogP contribution in [0.25, 0.3) is 0 Å². The minimum atomic E-state index is -1.61. The van der Waals surface area contributed by atoms with Crippen molar-refractivity contribution in [2.24, 2.45) is 0 Å². The van der Waals surface area contributed by atoms with Gasteiger partial charge in [0.15, 0.2) is 0 Å². The normalized spacial score (nSPS) is 11.7. The van der Waals surface area contributed by atoms with Crippen LogP contribution >= 0.6 is 0 Å². The van der Waals surface area contributed by atoms with E-state index in [1.54, 1.807) is 0 Å². The summed E-state index contributed by atoms with van der Waals surface area (Å²) in [6.07, 6.45) is -1.61. The summed E-state index contributed by atoms with van der Waals surface area (Å²) in [5, 5.41) is 10.9. The monoisotopic (exact) mass is 176 g/mol. The van der Waals surface area contributed by atoms with Crippen LogP contribution in [0.5, 0.6) is 0 Å². The molecule has 2 amide bonds. The highest BCUT2D eigenvalue weighted by Crippen LogP contribution is 1.84. The van der Waals surface area contributed by atoms with Gasteiger partial charge in [0.2, 0.25) is 6.23 Å². The molecule has 0 aliphatic rings. The number of nitrogens with zero attached hydrogens (tertiary/aromatic N) is 1. The molecule has 0 aliphatic heterocycles. The molecule has 0 aliphatic carbocycles. The molecule has 0 rings (SSSR count). The molecule has 0 spiro atoms. The molecule has 0 heterocycles. The van der Waals surface area contributed by atoms with Gasteiger partial charge in [0.05, 0.1) is 7.11 Å². The molecule has 6 heteroatoms. The standard InChI is InChI=1S/C6H12N2O4/c1-8(2)6(11)7-4(9)5(10)12-3/h4,9H,1-3H3,(H,7,11). The van der Waals surface area contributed by atoms with Gasteiger partial charge in [0.1, 0.15) is 0 Å². The molecule has 0 fully saturated rings. The Labute approximate surface area is 70.1 Å². The first-order valence-electron chi connectivity index (χ1n) is 3.22. The molecule has 0 aromatic carbocycles. The summed E-state index contributed by atoms with van der Waals surface area (Å²) in [5.74, 6) is -0.898. The van der Waals surface area contributed by atoms with E-state index in [2.05, 4.69) is 4.74 Å². The predicted octanol–water partition coefficient (Wildman–Crippen LogP) is -1.25. The highest BCUT2D eigenvalue weighted by Gasteiger charge is 2.18. The van der Waals surface area contributed by atoms with E-state index in [0.29, 0.717) is 0 Å². The fourth-order valence-electron chi connectivity index (χ4n) is 0.417. The third-order valence-electron chi connectivity index (χ3n) is 1.09. The van der Waals surface area contributed by atoms with Crippen LogP contribution < -0.4 is 5.32 Å². The number of hydrogen-bond acceptors (Lipinski definition) is 4. The second-order valence-corrected chi connectivity index (χ2v) is 2.27. The number of amides is 2. The molecule has 0 saturated heterocycles. The number of methoxy groups -OCH3 is 1. The van der Waals surface area contributed by atoms with Crippen LogP contribution in [0.1, 0.15) is 0 Å². The lowest BCUT2D eigenvalue weighted by Gasteiger charge is -2.14. The summed E-state index contributed by atoms with van der Waals surface area (Å²) in [6.45, 7) is 0. The fraction of sp³-hybridized carbons (Fsp3) is 0.667. The fourth-order valence-corrected chi connectivity index (χ4v) is 0.417. The van der Waals surface area contributed by atoms with Crippen LogP contribution in [-0.4, -0.2) is 49.4 Å². The number of ether oxygens (including phenoxy) is 1. The van der Waals surface area contributed by atoms with E-state index in [1.807, 2.05) is 5.32 Å². The minimum absolute atomic E-state index is 0.562. The first-order valence-corrected chi connectivity index (χ1v) is 3.22. The zero-order valence-corrected chi connectivity index (χ0v) is 7.20. The van der Waals surface area contributed by atoms with Gasteiger partial charge in [-0.25, -0.2) is 9.59 Å². The van der Waals surface area contributed by atoms with Crippen molar-refractivity contribution in [3.63, 3.8) is 0 Å². The molecule has 0 radical (unpaired) electrons. The molecule has 0 aromatic heterocycles. The smallest absolute Gasteiger partial charge is 0.356 e. The van der Waals surface area contributed by atoms with E-state index in [0.717, 1.165) is 7.11 Å². The predicted molar refractivity (Wildman–Crippen MR) is 40.2 cm³/mol. The summed E-state index contributed by atoms with van der Waals surface area (Å²) in [5.41, 5.74) is 0. The zero-order valence-electron chi connectivity index (χ0n) is 7.20. The van der Waals surface area contributed by atoms with Gasteiger partial charge in [-0.2, -0.15) is 0 Å². The molecule has 0 saturated carbocycles. The number of aliphatic hydroxyl groups is 1. The van der Waals surface area contributed by atoms with Gasteiger partial charge in [-0.1, -0.05) is 0 Å². The maximum Gasteiger partial charge on any atom is 0.356 e. The quantitative estimate of drug-likeness (QED) is 0.407. The highest BCUT2D eigenvalue weighted by molar-refractivity contribution is 5.81. The molecule has 6 nitrogen and oxygen atoms in total. The second-order valence-electron chi connectivity index (χ2n) is 2.27. The van der Waals surface area contributed by atoms with Gasteiger partial charge >= 0.3 is 12.0 Å². The van der Waals surface area contributed by atoms with Crippen molar-refractivity contribution in [3.05, 3.63) is 0 Å². The van der Waals surface area contributed by atoms with Crippen LogP contribution in [0.4, 0.5) is 4.79 Å². The van der Waals surface area contributed by atoms with E-state index in [9.17, 15) is 9.59 Å². The van der Waals surface area contributed by atoms with Crippen molar-refractivity contribution in [3.8, 4) is 0 Å². The first-order chi connectivity index (χ1) is 5.49. The molecule has 1 atom stereocenters. The minimum Gasteiger partial charge on any atom is -0.466 e. The lowest BCUT2D eigenvalue weighted by atomic mass is 10.5. The van der Waals surface area contributed by atoms with Gasteiger partial charge in [0, 0.05) is 14.1 Å². The number of esters is 1. The third kappa shape index (κ3) is 3.20. The molecule has 2 N–H and O–H groups in total. The Kier molecular flexibility index (Phi) is 4.06. The summed E-state index contributed by atoms with van der Waals surface area (Å²) in [6, 6.07) is -0.562. The molecular weight excluding hydrogens is 164 g/mol. The van der Waals surface area contributed by atoms with E-state index in [4.69, 9.17) is 5.11 Å². The Hall–Kier alpha value is -1.30. The summed E-state index contributed by atoms with van der Waals surface area (Å²) in [7, 11) is 4.09. The van der Waals surface area contributed by atoms with Crippen molar-refractivity contribution in [2.75, 3.05) is 21.2 Å². The molecule has 0 aromatic rings. The largest absolute Gasteiger partial charge is 0.466 e. The lowest BCUT2D eigenvalue weighted by Crippen LogP contribution is -2.45. The van der Waals surface area contributed by atoms with Crippen molar-refractivity contribution in [1.82, 2.24) is 10.2 Å². The van der Waals surface area contributed by atoms with E-state index < -0.39 is 18.2 Å². The van der Waals surface area contributed by atoms with Crippen molar-refractivity contribution in [1.29, 1.82) is 0 Å². The van der Waals surface area contributed by atoms with Gasteiger partial charge in [0.25, 0.3) is 0 Å². The number of carbonyl (C=O) groups excluding carboxylic acids is 2. The highest BCUT2D eigenvalue weighted by atomic mass is 16.5. The molecule has 0 bridgehead atoms. The number of nitrogens with one attached hydrogen (secondary N) is 1. The molecule has 70 valence electrons. The Morgan fingerprint density at radius 3 is 2.33 bits per heavy atom. The van der Waals surface area contributed by atoms with Crippen molar-refractivity contribution >= 4 is 12.0 Å². The molecular formula is C6H12N2O4. The van der Waals surface area contributed by atoms with E-state index >= 15 is 0 Å². The average Bonchev–Trinajstić information content (AvgIpc) is 2.02. The summed E-state index contributed by atoms with van der Waals surface area (Å²) >= 11 is 0.